The molecule has 1 aliphatic carbocycles. The standard InChI is InChI=1S/C11H16N2OS/c14-11(13-7-5-12-6-8-13)9-1-3-10(15)4-2-9/h1,3-4,9,12,15H,2,5-8H2. The molecule has 1 unspecified atom stereocenters. The van der Waals surface area contributed by atoms with Gasteiger partial charge >= 0.3 is 0 Å². The summed E-state index contributed by atoms with van der Waals surface area (Å²) in [6.45, 7) is 3.49. The van der Waals surface area contributed by atoms with Gasteiger partial charge in [0.15, 0.2) is 0 Å². The minimum Gasteiger partial charge on any atom is -0.340 e. The Bertz CT molecular complexity index is 306. The molecule has 1 amide bonds. The molecule has 4 heteroatoms. The zero-order chi connectivity index (χ0) is 10.7. The van der Waals surface area contributed by atoms with E-state index in [1.165, 1.54) is 0 Å². The van der Waals surface area contributed by atoms with E-state index in [0.717, 1.165) is 37.5 Å². The lowest BCUT2D eigenvalue weighted by molar-refractivity contribution is -0.134. The van der Waals surface area contributed by atoms with Crippen molar-refractivity contribution in [3.63, 3.8) is 0 Å². The lowest BCUT2D eigenvalue weighted by atomic mass is 9.99. The van der Waals surface area contributed by atoms with Gasteiger partial charge in [0, 0.05) is 26.2 Å². The number of amides is 1. The van der Waals surface area contributed by atoms with E-state index in [0.29, 0.717) is 0 Å². The number of carbonyl (C=O) groups is 1. The first-order valence-corrected chi connectivity index (χ1v) is 5.79. The fourth-order valence-corrected chi connectivity index (χ4v) is 2.10. The summed E-state index contributed by atoms with van der Waals surface area (Å²) in [5.41, 5.74) is 0. The molecular formula is C11H16N2OS. The number of thiol groups is 1. The Labute approximate surface area is 95.6 Å². The Morgan fingerprint density at radius 3 is 2.80 bits per heavy atom. The molecule has 0 aromatic heterocycles. The second-order valence-corrected chi connectivity index (χ2v) is 4.42. The van der Waals surface area contributed by atoms with Crippen LogP contribution in [0.15, 0.2) is 23.1 Å². The minimum atomic E-state index is 0.0269. The highest BCUT2D eigenvalue weighted by Gasteiger charge is 2.23. The number of piperazine rings is 1. The molecule has 0 aromatic carbocycles. The Morgan fingerprint density at radius 2 is 2.20 bits per heavy atom. The molecule has 15 heavy (non-hydrogen) atoms. The lowest BCUT2D eigenvalue weighted by Crippen LogP contribution is -2.48. The van der Waals surface area contributed by atoms with Crippen LogP contribution in [0.3, 0.4) is 0 Å². The zero-order valence-electron chi connectivity index (χ0n) is 8.65. The van der Waals surface area contributed by atoms with E-state index in [2.05, 4.69) is 17.9 Å². The maximum atomic E-state index is 12.1. The van der Waals surface area contributed by atoms with Gasteiger partial charge in [-0.15, -0.1) is 12.6 Å². The van der Waals surface area contributed by atoms with Gasteiger partial charge in [0.25, 0.3) is 0 Å². The maximum Gasteiger partial charge on any atom is 0.229 e. The van der Waals surface area contributed by atoms with E-state index in [1.807, 2.05) is 23.1 Å². The molecule has 2 aliphatic rings. The molecule has 0 radical (unpaired) electrons. The van der Waals surface area contributed by atoms with Gasteiger partial charge in [0.05, 0.1) is 5.92 Å². The number of hydrogen-bond donors (Lipinski definition) is 2. The summed E-state index contributed by atoms with van der Waals surface area (Å²) in [5.74, 6) is 0.281. The molecule has 0 spiro atoms. The van der Waals surface area contributed by atoms with Crippen molar-refractivity contribution in [1.29, 1.82) is 0 Å². The Balaban J connectivity index is 1.93. The second-order valence-electron chi connectivity index (χ2n) is 3.91. The van der Waals surface area contributed by atoms with Gasteiger partial charge in [-0.05, 0) is 11.3 Å². The van der Waals surface area contributed by atoms with Crippen molar-refractivity contribution in [3.8, 4) is 0 Å². The smallest absolute Gasteiger partial charge is 0.229 e. The van der Waals surface area contributed by atoms with E-state index < -0.39 is 0 Å². The molecule has 1 heterocycles. The van der Waals surface area contributed by atoms with Crippen molar-refractivity contribution in [2.75, 3.05) is 26.2 Å². The molecule has 1 saturated heterocycles. The van der Waals surface area contributed by atoms with Gasteiger partial charge < -0.3 is 10.2 Å². The zero-order valence-corrected chi connectivity index (χ0v) is 9.54. The van der Waals surface area contributed by atoms with Crippen LogP contribution in [-0.2, 0) is 4.79 Å². The third-order valence-corrected chi connectivity index (χ3v) is 3.16. The van der Waals surface area contributed by atoms with Crippen molar-refractivity contribution in [2.24, 2.45) is 5.92 Å². The van der Waals surface area contributed by atoms with Crippen LogP contribution in [0, 0.1) is 5.92 Å². The molecular weight excluding hydrogens is 208 g/mol. The third-order valence-electron chi connectivity index (χ3n) is 2.83. The summed E-state index contributed by atoms with van der Waals surface area (Å²) < 4.78 is 0. The van der Waals surface area contributed by atoms with Crippen molar-refractivity contribution in [3.05, 3.63) is 23.1 Å². The largest absolute Gasteiger partial charge is 0.340 e. The number of allylic oxidation sites excluding steroid dienone is 2. The van der Waals surface area contributed by atoms with Crippen LogP contribution < -0.4 is 5.32 Å². The highest BCUT2D eigenvalue weighted by Crippen LogP contribution is 2.20. The lowest BCUT2D eigenvalue weighted by Gasteiger charge is -2.30. The van der Waals surface area contributed by atoms with Crippen molar-refractivity contribution < 1.29 is 4.79 Å². The number of nitrogens with zero attached hydrogens (tertiary/aromatic N) is 1. The first-order valence-electron chi connectivity index (χ1n) is 5.34. The topological polar surface area (TPSA) is 32.3 Å². The Hall–Kier alpha value is -0.740. The average Bonchev–Trinajstić information content (AvgIpc) is 2.30. The summed E-state index contributed by atoms with van der Waals surface area (Å²) in [6.07, 6.45) is 6.68. The number of carbonyl (C=O) groups excluding carboxylic acids is 1. The van der Waals surface area contributed by atoms with Crippen molar-refractivity contribution >= 4 is 18.5 Å². The number of rotatable bonds is 1. The molecule has 1 N–H and O–H groups in total. The highest BCUT2D eigenvalue weighted by atomic mass is 32.1. The molecule has 1 atom stereocenters. The van der Waals surface area contributed by atoms with Gasteiger partial charge in [-0.3, -0.25) is 4.79 Å². The molecule has 0 bridgehead atoms. The van der Waals surface area contributed by atoms with Crippen molar-refractivity contribution in [2.45, 2.75) is 6.42 Å². The second kappa shape index (κ2) is 4.86. The van der Waals surface area contributed by atoms with Gasteiger partial charge in [-0.1, -0.05) is 18.2 Å². The van der Waals surface area contributed by atoms with Crippen LogP contribution in [0.2, 0.25) is 0 Å². The van der Waals surface area contributed by atoms with Crippen molar-refractivity contribution in [1.82, 2.24) is 10.2 Å². The van der Waals surface area contributed by atoms with Crippen LogP contribution in [0.4, 0.5) is 0 Å². The van der Waals surface area contributed by atoms with Gasteiger partial charge in [0.1, 0.15) is 0 Å². The fourth-order valence-electron chi connectivity index (χ4n) is 1.91. The molecule has 1 aliphatic heterocycles. The monoisotopic (exact) mass is 224 g/mol. The summed E-state index contributed by atoms with van der Waals surface area (Å²) >= 11 is 4.24. The predicted molar refractivity (Wildman–Crippen MR) is 63.8 cm³/mol. The molecule has 1 fully saturated rings. The van der Waals surface area contributed by atoms with E-state index in [1.54, 1.807) is 0 Å². The number of hydrogen-bond acceptors (Lipinski definition) is 3. The predicted octanol–water partition coefficient (Wildman–Crippen LogP) is 0.808. The van der Waals surface area contributed by atoms with E-state index in [-0.39, 0.29) is 11.8 Å². The maximum absolute atomic E-state index is 12.1. The van der Waals surface area contributed by atoms with Gasteiger partial charge in [-0.2, -0.15) is 0 Å². The highest BCUT2D eigenvalue weighted by molar-refractivity contribution is 7.84. The SMILES string of the molecule is O=C(C1C=CC(S)=CC1)N1CCNCC1. The number of nitrogens with one attached hydrogen (secondary N) is 1. The Morgan fingerprint density at radius 1 is 1.47 bits per heavy atom. The van der Waals surface area contributed by atoms with Crippen LogP contribution in [0.1, 0.15) is 6.42 Å². The molecule has 2 rings (SSSR count). The minimum absolute atomic E-state index is 0.0269. The van der Waals surface area contributed by atoms with Crippen LogP contribution >= 0.6 is 12.6 Å². The summed E-state index contributed by atoms with van der Waals surface area (Å²) in [5, 5.41) is 3.24. The first-order chi connectivity index (χ1) is 7.27. The summed E-state index contributed by atoms with van der Waals surface area (Å²) in [7, 11) is 0. The first kappa shape index (κ1) is 10.8. The molecule has 82 valence electrons. The quantitative estimate of drug-likeness (QED) is 0.646. The molecule has 0 saturated carbocycles. The van der Waals surface area contributed by atoms with Crippen LogP contribution in [-0.4, -0.2) is 37.0 Å². The fraction of sp³-hybridized carbons (Fsp3) is 0.545. The van der Waals surface area contributed by atoms with E-state index >= 15 is 0 Å². The Kier molecular flexibility index (Phi) is 3.49. The average molecular weight is 224 g/mol. The van der Waals surface area contributed by atoms with Crippen LogP contribution in [0.25, 0.3) is 0 Å². The van der Waals surface area contributed by atoms with Gasteiger partial charge in [0.2, 0.25) is 5.91 Å². The van der Waals surface area contributed by atoms with Gasteiger partial charge in [-0.25, -0.2) is 0 Å². The summed E-state index contributed by atoms with van der Waals surface area (Å²) in [4.78, 5) is 15.0. The molecule has 0 aromatic rings. The molecule has 3 nitrogen and oxygen atoms in total. The van der Waals surface area contributed by atoms with E-state index in [9.17, 15) is 4.79 Å². The summed E-state index contributed by atoms with van der Waals surface area (Å²) in [6, 6.07) is 0. The normalized spacial score (nSPS) is 26.3. The van der Waals surface area contributed by atoms with E-state index in [4.69, 9.17) is 0 Å². The third kappa shape index (κ3) is 2.63. The van der Waals surface area contributed by atoms with Crippen LogP contribution in [0.5, 0.6) is 0 Å².